The number of benzene rings is 1. The lowest BCUT2D eigenvalue weighted by Crippen LogP contribution is -2.29. The highest BCUT2D eigenvalue weighted by Gasteiger charge is 2.25. The molecule has 0 saturated heterocycles. The number of anilines is 1. The molecule has 0 radical (unpaired) electrons. The van der Waals surface area contributed by atoms with Crippen molar-refractivity contribution in [2.45, 2.75) is 6.42 Å². The van der Waals surface area contributed by atoms with E-state index in [0.717, 1.165) is 4.90 Å². The summed E-state index contributed by atoms with van der Waals surface area (Å²) in [5.41, 5.74) is 1.44. The first kappa shape index (κ1) is 13.7. The van der Waals surface area contributed by atoms with Gasteiger partial charge in [0.25, 0.3) is 11.8 Å². The summed E-state index contributed by atoms with van der Waals surface area (Å²) in [6, 6.07) is 7.91. The minimum Gasteiger partial charge on any atom is -0.492 e. The van der Waals surface area contributed by atoms with Crippen LogP contribution in [0, 0.1) is 0 Å². The van der Waals surface area contributed by atoms with Crippen LogP contribution in [-0.4, -0.2) is 32.0 Å². The highest BCUT2D eigenvalue weighted by molar-refractivity contribution is 6.28. The molecule has 0 unspecified atom stereocenters. The van der Waals surface area contributed by atoms with Crippen molar-refractivity contribution < 1.29 is 25.0 Å². The molecule has 0 aliphatic carbocycles. The number of carbonyl (C=O) groups excluding carboxylic acids is 2. The zero-order valence-electron chi connectivity index (χ0n) is 11.3. The van der Waals surface area contributed by atoms with E-state index < -0.39 is 23.6 Å². The lowest BCUT2D eigenvalue weighted by Gasteiger charge is -2.14. The van der Waals surface area contributed by atoms with Gasteiger partial charge in [-0.05, 0) is 17.7 Å². The normalized spacial score (nSPS) is 14.1. The Labute approximate surface area is 124 Å². The van der Waals surface area contributed by atoms with Crippen LogP contribution in [0.3, 0.4) is 0 Å². The highest BCUT2D eigenvalue weighted by Crippen LogP contribution is 2.29. The van der Waals surface area contributed by atoms with Gasteiger partial charge in [-0.1, -0.05) is 12.1 Å². The number of rotatable bonds is 3. The Balaban J connectivity index is 1.90. The number of hydrogen-bond acceptors (Lipinski definition) is 5. The summed E-state index contributed by atoms with van der Waals surface area (Å²) in [6.07, 6.45) is 2.61. The predicted molar refractivity (Wildman–Crippen MR) is 75.8 cm³/mol. The van der Waals surface area contributed by atoms with Crippen molar-refractivity contribution in [3.63, 3.8) is 0 Å². The second-order valence-corrected chi connectivity index (χ2v) is 4.86. The number of imide groups is 1. The molecule has 22 heavy (non-hydrogen) atoms. The van der Waals surface area contributed by atoms with Crippen molar-refractivity contribution >= 4 is 17.5 Å². The highest BCUT2D eigenvalue weighted by atomic mass is 16.5. The van der Waals surface area contributed by atoms with Crippen molar-refractivity contribution in [2.24, 2.45) is 0 Å². The third-order valence-corrected chi connectivity index (χ3v) is 3.38. The SMILES string of the molecule is O=C1C=CC(=O)N1c1cccc(Cc2cc(O)n(O)c2O)c1. The molecule has 0 atom stereocenters. The van der Waals surface area contributed by atoms with Crippen LogP contribution < -0.4 is 4.90 Å². The molecule has 0 saturated carbocycles. The van der Waals surface area contributed by atoms with Gasteiger partial charge in [-0.2, -0.15) is 0 Å². The first-order chi connectivity index (χ1) is 10.5. The summed E-state index contributed by atoms with van der Waals surface area (Å²) in [7, 11) is 0. The van der Waals surface area contributed by atoms with Gasteiger partial charge in [-0.3, -0.25) is 9.59 Å². The van der Waals surface area contributed by atoms with E-state index in [2.05, 4.69) is 0 Å². The lowest BCUT2D eigenvalue weighted by molar-refractivity contribution is -0.119. The summed E-state index contributed by atoms with van der Waals surface area (Å²) in [4.78, 5) is 24.4. The summed E-state index contributed by atoms with van der Waals surface area (Å²) in [5, 5.41) is 28.3. The van der Waals surface area contributed by atoms with Crippen molar-refractivity contribution in [1.29, 1.82) is 0 Å². The van der Waals surface area contributed by atoms with Gasteiger partial charge in [-0.25, -0.2) is 4.90 Å². The lowest BCUT2D eigenvalue weighted by atomic mass is 10.1. The molecule has 0 fully saturated rings. The maximum atomic E-state index is 11.7. The van der Waals surface area contributed by atoms with E-state index >= 15 is 0 Å². The van der Waals surface area contributed by atoms with Crippen LogP contribution in [0.5, 0.6) is 11.8 Å². The van der Waals surface area contributed by atoms with E-state index in [0.29, 0.717) is 16.8 Å². The zero-order valence-corrected chi connectivity index (χ0v) is 11.3. The van der Waals surface area contributed by atoms with Gasteiger partial charge in [0, 0.05) is 30.2 Å². The molecule has 7 nitrogen and oxygen atoms in total. The molecular weight excluding hydrogens is 288 g/mol. The van der Waals surface area contributed by atoms with Crippen molar-refractivity contribution in [1.82, 2.24) is 4.73 Å². The van der Waals surface area contributed by atoms with E-state index in [-0.39, 0.29) is 11.2 Å². The standard InChI is InChI=1S/C15H12N2O5/c18-12-4-5-13(19)16(12)11-3-1-2-9(7-11)6-10-8-14(20)17(22)15(10)21/h1-5,7-8,20-22H,6H2. The Morgan fingerprint density at radius 2 is 1.68 bits per heavy atom. The molecule has 0 spiro atoms. The maximum absolute atomic E-state index is 11.7. The fraction of sp³-hybridized carbons (Fsp3) is 0.0667. The van der Waals surface area contributed by atoms with E-state index in [1.807, 2.05) is 0 Å². The first-order valence-corrected chi connectivity index (χ1v) is 6.44. The molecule has 2 aromatic rings. The molecular formula is C15H12N2O5. The Hall–Kier alpha value is -3.22. The largest absolute Gasteiger partial charge is 0.492 e. The van der Waals surface area contributed by atoms with Gasteiger partial charge in [0.2, 0.25) is 11.8 Å². The number of nitrogens with zero attached hydrogens (tertiary/aromatic N) is 2. The van der Waals surface area contributed by atoms with E-state index in [1.54, 1.807) is 24.3 Å². The average Bonchev–Trinajstić information content (AvgIpc) is 2.94. The minimum atomic E-state index is -0.474. The number of hydrogen-bond donors (Lipinski definition) is 3. The second kappa shape index (κ2) is 4.96. The number of aromatic nitrogens is 1. The maximum Gasteiger partial charge on any atom is 0.258 e. The van der Waals surface area contributed by atoms with Gasteiger partial charge >= 0.3 is 0 Å². The fourth-order valence-corrected chi connectivity index (χ4v) is 2.34. The van der Waals surface area contributed by atoms with Crippen LogP contribution in [0.25, 0.3) is 0 Å². The summed E-state index contributed by atoms with van der Waals surface area (Å²) < 4.78 is 0.274. The van der Waals surface area contributed by atoms with Crippen LogP contribution in [0.1, 0.15) is 11.1 Å². The molecule has 2 amide bonds. The molecule has 2 heterocycles. The smallest absolute Gasteiger partial charge is 0.258 e. The fourth-order valence-electron chi connectivity index (χ4n) is 2.34. The van der Waals surface area contributed by atoms with Gasteiger partial charge in [-0.15, -0.1) is 4.73 Å². The Kier molecular flexibility index (Phi) is 3.10. The van der Waals surface area contributed by atoms with Crippen molar-refractivity contribution in [3.8, 4) is 11.8 Å². The summed E-state index contributed by atoms with van der Waals surface area (Å²) in [6.45, 7) is 0. The van der Waals surface area contributed by atoms with E-state index in [4.69, 9.17) is 0 Å². The first-order valence-electron chi connectivity index (χ1n) is 6.44. The molecule has 1 aromatic heterocycles. The van der Waals surface area contributed by atoms with Crippen LogP contribution >= 0.6 is 0 Å². The van der Waals surface area contributed by atoms with E-state index in [9.17, 15) is 25.0 Å². The van der Waals surface area contributed by atoms with Gasteiger partial charge in [0.1, 0.15) is 0 Å². The number of aromatic hydroxyl groups is 2. The van der Waals surface area contributed by atoms with Crippen molar-refractivity contribution in [2.75, 3.05) is 4.90 Å². The number of amides is 2. The van der Waals surface area contributed by atoms with Crippen LogP contribution in [-0.2, 0) is 16.0 Å². The number of carbonyl (C=O) groups is 2. The molecule has 0 bridgehead atoms. The molecule has 3 N–H and O–H groups in total. The van der Waals surface area contributed by atoms with Crippen LogP contribution in [0.4, 0.5) is 5.69 Å². The Morgan fingerprint density at radius 3 is 2.27 bits per heavy atom. The topological polar surface area (TPSA) is 103 Å². The molecule has 1 aromatic carbocycles. The minimum absolute atomic E-state index is 0.213. The average molecular weight is 300 g/mol. The Morgan fingerprint density at radius 1 is 1.00 bits per heavy atom. The molecule has 1 aliphatic rings. The summed E-state index contributed by atoms with van der Waals surface area (Å²) >= 11 is 0. The molecule has 7 heteroatoms. The van der Waals surface area contributed by atoms with Crippen LogP contribution in [0.15, 0.2) is 42.5 Å². The summed E-state index contributed by atoms with van der Waals surface area (Å²) in [5.74, 6) is -1.76. The third-order valence-electron chi connectivity index (χ3n) is 3.38. The van der Waals surface area contributed by atoms with Gasteiger partial charge < -0.3 is 15.4 Å². The molecule has 1 aliphatic heterocycles. The Bertz CT molecular complexity index is 788. The monoisotopic (exact) mass is 300 g/mol. The van der Waals surface area contributed by atoms with Gasteiger partial charge in [0.05, 0.1) is 5.69 Å². The van der Waals surface area contributed by atoms with Gasteiger partial charge in [0.15, 0.2) is 0 Å². The molecule has 3 rings (SSSR count). The predicted octanol–water partition coefficient (Wildman–Crippen LogP) is 1.16. The van der Waals surface area contributed by atoms with E-state index in [1.165, 1.54) is 18.2 Å². The zero-order chi connectivity index (χ0) is 15.9. The molecule has 112 valence electrons. The van der Waals surface area contributed by atoms with Crippen LogP contribution in [0.2, 0.25) is 0 Å². The second-order valence-electron chi connectivity index (χ2n) is 4.86. The van der Waals surface area contributed by atoms with Crippen molar-refractivity contribution in [3.05, 3.63) is 53.6 Å². The quantitative estimate of drug-likeness (QED) is 0.583. The third kappa shape index (κ3) is 2.18.